The van der Waals surface area contributed by atoms with Gasteiger partial charge in [0, 0.05) is 12.6 Å². The molecule has 1 rings (SSSR count). The van der Waals surface area contributed by atoms with Crippen molar-refractivity contribution in [2.24, 2.45) is 0 Å². The molecule has 29 heavy (non-hydrogen) atoms. The summed E-state index contributed by atoms with van der Waals surface area (Å²) in [5.41, 5.74) is 1.13. The van der Waals surface area contributed by atoms with E-state index in [0.29, 0.717) is 6.54 Å². The molecule has 1 atom stereocenters. The van der Waals surface area contributed by atoms with Crippen molar-refractivity contribution in [2.75, 3.05) is 20.6 Å². The summed E-state index contributed by atoms with van der Waals surface area (Å²) in [4.78, 5) is 13.0. The summed E-state index contributed by atoms with van der Waals surface area (Å²) in [7, 11) is -0.186. The zero-order valence-corrected chi connectivity index (χ0v) is 19.0. The fourth-order valence-electron chi connectivity index (χ4n) is 3.38. The highest BCUT2D eigenvalue weighted by Crippen LogP contribution is 2.15. The number of hydrogen-bond acceptors (Lipinski definition) is 4. The summed E-state index contributed by atoms with van der Waals surface area (Å²) in [5.74, 6) is -1.03. The molecule has 0 aliphatic heterocycles. The van der Waals surface area contributed by atoms with Crippen LogP contribution in [0.15, 0.2) is 29.2 Å². The minimum atomic E-state index is -3.75. The standard InChI is InChI=1S/C22H38N2O4S/c1-4-5-6-7-8-9-10-11-12-19-13-15-21(16-14-19)29(27,28)23-20(17-22(25)26)18-24(2)3/h13-16,20,23H,4-12,17-18H2,1-3H3,(H,25,26). The molecule has 0 aromatic heterocycles. The quantitative estimate of drug-likeness (QED) is 0.389. The minimum Gasteiger partial charge on any atom is -0.481 e. The number of aryl methyl sites for hydroxylation is 1. The number of likely N-dealkylation sites (N-methyl/N-ethyl adjacent to an activating group) is 1. The van der Waals surface area contributed by atoms with Gasteiger partial charge in [0.05, 0.1) is 11.3 Å². The van der Waals surface area contributed by atoms with Gasteiger partial charge in [-0.15, -0.1) is 0 Å². The monoisotopic (exact) mass is 426 g/mol. The zero-order chi connectivity index (χ0) is 21.7. The number of carboxylic acid groups (broad SMARTS) is 1. The van der Waals surface area contributed by atoms with E-state index in [1.807, 2.05) is 12.1 Å². The number of hydrogen-bond donors (Lipinski definition) is 2. The van der Waals surface area contributed by atoms with Gasteiger partial charge in [0.25, 0.3) is 0 Å². The van der Waals surface area contributed by atoms with Gasteiger partial charge < -0.3 is 10.0 Å². The second-order valence-corrected chi connectivity index (χ2v) is 9.76. The summed E-state index contributed by atoms with van der Waals surface area (Å²) in [6, 6.07) is 6.25. The summed E-state index contributed by atoms with van der Waals surface area (Å²) >= 11 is 0. The van der Waals surface area contributed by atoms with Gasteiger partial charge in [-0.2, -0.15) is 0 Å². The van der Waals surface area contributed by atoms with Crippen molar-refractivity contribution in [1.82, 2.24) is 9.62 Å². The SMILES string of the molecule is CCCCCCCCCCc1ccc(S(=O)(=O)NC(CC(=O)O)CN(C)C)cc1. The van der Waals surface area contributed by atoms with Gasteiger partial charge >= 0.3 is 5.97 Å². The number of aliphatic carboxylic acids is 1. The molecule has 0 amide bonds. The molecule has 1 aromatic rings. The van der Waals surface area contributed by atoms with E-state index in [-0.39, 0.29) is 11.3 Å². The van der Waals surface area contributed by atoms with E-state index in [2.05, 4.69) is 11.6 Å². The van der Waals surface area contributed by atoms with Crippen molar-refractivity contribution >= 4 is 16.0 Å². The minimum absolute atomic E-state index is 0.173. The third-order valence-corrected chi connectivity index (χ3v) is 6.42. The number of nitrogens with zero attached hydrogens (tertiary/aromatic N) is 1. The Hall–Kier alpha value is -1.44. The van der Waals surface area contributed by atoms with E-state index in [1.165, 1.54) is 44.9 Å². The Bertz CT molecular complexity index is 687. The molecule has 0 saturated carbocycles. The van der Waals surface area contributed by atoms with E-state index >= 15 is 0 Å². The van der Waals surface area contributed by atoms with Gasteiger partial charge in [-0.3, -0.25) is 4.79 Å². The number of carboxylic acids is 1. The first-order chi connectivity index (χ1) is 13.7. The maximum Gasteiger partial charge on any atom is 0.305 e. The van der Waals surface area contributed by atoms with E-state index in [0.717, 1.165) is 18.4 Å². The maximum atomic E-state index is 12.6. The average molecular weight is 427 g/mol. The summed E-state index contributed by atoms with van der Waals surface area (Å²) in [6.45, 7) is 2.55. The molecule has 0 aliphatic rings. The van der Waals surface area contributed by atoms with Gasteiger partial charge in [-0.1, -0.05) is 64.0 Å². The molecule has 1 aromatic carbocycles. The van der Waals surface area contributed by atoms with E-state index in [9.17, 15) is 13.2 Å². The highest BCUT2D eigenvalue weighted by atomic mass is 32.2. The number of nitrogens with one attached hydrogen (secondary N) is 1. The lowest BCUT2D eigenvalue weighted by Gasteiger charge is -2.20. The second-order valence-electron chi connectivity index (χ2n) is 8.05. The zero-order valence-electron chi connectivity index (χ0n) is 18.2. The van der Waals surface area contributed by atoms with Crippen molar-refractivity contribution in [3.63, 3.8) is 0 Å². The first kappa shape index (κ1) is 25.6. The van der Waals surface area contributed by atoms with Gasteiger partial charge in [-0.05, 0) is 44.6 Å². The van der Waals surface area contributed by atoms with Crippen LogP contribution in [-0.2, 0) is 21.2 Å². The fraction of sp³-hybridized carbons (Fsp3) is 0.682. The lowest BCUT2D eigenvalue weighted by Crippen LogP contribution is -2.42. The van der Waals surface area contributed by atoms with Crippen LogP contribution in [0.5, 0.6) is 0 Å². The Balaban J connectivity index is 2.50. The van der Waals surface area contributed by atoms with Crippen molar-refractivity contribution in [1.29, 1.82) is 0 Å². The van der Waals surface area contributed by atoms with Crippen LogP contribution >= 0.6 is 0 Å². The summed E-state index contributed by atoms with van der Waals surface area (Å²) < 4.78 is 27.7. The number of carbonyl (C=O) groups is 1. The molecule has 0 aliphatic carbocycles. The Kier molecular flexibility index (Phi) is 12.1. The van der Waals surface area contributed by atoms with Crippen LogP contribution in [0, 0.1) is 0 Å². The predicted octanol–water partition coefficient (Wildman–Crippen LogP) is 4.05. The largest absolute Gasteiger partial charge is 0.481 e. The van der Waals surface area contributed by atoms with Crippen LogP contribution in [0.1, 0.15) is 70.3 Å². The smallest absolute Gasteiger partial charge is 0.305 e. The van der Waals surface area contributed by atoms with Crippen molar-refractivity contribution < 1.29 is 18.3 Å². The number of rotatable bonds is 16. The maximum absolute atomic E-state index is 12.6. The molecule has 0 heterocycles. The first-order valence-corrected chi connectivity index (χ1v) is 12.2. The fourth-order valence-corrected chi connectivity index (χ4v) is 4.61. The Labute approximate surface area is 176 Å². The van der Waals surface area contributed by atoms with E-state index < -0.39 is 22.0 Å². The normalized spacial score (nSPS) is 13.0. The lowest BCUT2D eigenvalue weighted by molar-refractivity contribution is -0.137. The first-order valence-electron chi connectivity index (χ1n) is 10.7. The highest BCUT2D eigenvalue weighted by molar-refractivity contribution is 7.89. The second kappa shape index (κ2) is 13.7. The summed E-state index contributed by atoms with van der Waals surface area (Å²) in [5, 5.41) is 9.02. The van der Waals surface area contributed by atoms with Crippen LogP contribution in [0.2, 0.25) is 0 Å². The van der Waals surface area contributed by atoms with Crippen molar-refractivity contribution in [3.8, 4) is 0 Å². The van der Waals surface area contributed by atoms with Crippen LogP contribution in [0.4, 0.5) is 0 Å². The molecule has 0 bridgehead atoms. The predicted molar refractivity (Wildman–Crippen MR) is 118 cm³/mol. The van der Waals surface area contributed by atoms with Crippen LogP contribution in [-0.4, -0.2) is 51.1 Å². The van der Waals surface area contributed by atoms with E-state index in [1.54, 1.807) is 31.1 Å². The molecular weight excluding hydrogens is 388 g/mol. The molecule has 0 spiro atoms. The van der Waals surface area contributed by atoms with Gasteiger partial charge in [0.2, 0.25) is 10.0 Å². The third kappa shape index (κ3) is 11.4. The molecule has 2 N–H and O–H groups in total. The number of benzene rings is 1. The molecular formula is C22H38N2O4S. The average Bonchev–Trinajstić information content (AvgIpc) is 2.63. The van der Waals surface area contributed by atoms with Crippen LogP contribution in [0.3, 0.4) is 0 Å². The topological polar surface area (TPSA) is 86.7 Å². The molecule has 1 unspecified atom stereocenters. The molecule has 166 valence electrons. The molecule has 0 saturated heterocycles. The molecule has 7 heteroatoms. The highest BCUT2D eigenvalue weighted by Gasteiger charge is 2.22. The van der Waals surface area contributed by atoms with Crippen molar-refractivity contribution in [2.45, 2.75) is 82.1 Å². The Morgan fingerprint density at radius 2 is 1.55 bits per heavy atom. The Morgan fingerprint density at radius 1 is 1.00 bits per heavy atom. The molecule has 6 nitrogen and oxygen atoms in total. The number of unbranched alkanes of at least 4 members (excludes halogenated alkanes) is 7. The molecule has 0 fully saturated rings. The Morgan fingerprint density at radius 3 is 2.07 bits per heavy atom. The van der Waals surface area contributed by atoms with Crippen molar-refractivity contribution in [3.05, 3.63) is 29.8 Å². The van der Waals surface area contributed by atoms with E-state index in [4.69, 9.17) is 5.11 Å². The summed E-state index contributed by atoms with van der Waals surface area (Å²) in [6.07, 6.45) is 10.8. The molecule has 0 radical (unpaired) electrons. The lowest BCUT2D eigenvalue weighted by atomic mass is 10.0. The van der Waals surface area contributed by atoms with Crippen LogP contribution in [0.25, 0.3) is 0 Å². The number of sulfonamides is 1. The van der Waals surface area contributed by atoms with Gasteiger partial charge in [0.15, 0.2) is 0 Å². The van der Waals surface area contributed by atoms with Gasteiger partial charge in [0.1, 0.15) is 0 Å². The van der Waals surface area contributed by atoms with Gasteiger partial charge in [-0.25, -0.2) is 13.1 Å². The third-order valence-electron chi connectivity index (χ3n) is 4.88. The van der Waals surface area contributed by atoms with Crippen LogP contribution < -0.4 is 4.72 Å².